The fourth-order valence-electron chi connectivity index (χ4n) is 1.09. The van der Waals surface area contributed by atoms with Crippen molar-refractivity contribution in [3.8, 4) is 0 Å². The van der Waals surface area contributed by atoms with E-state index in [-0.39, 0.29) is 23.8 Å². The molecule has 0 aliphatic carbocycles. The van der Waals surface area contributed by atoms with Crippen molar-refractivity contribution in [3.05, 3.63) is 0 Å². The predicted octanol–water partition coefficient (Wildman–Crippen LogP) is -0.399. The van der Waals surface area contributed by atoms with E-state index >= 15 is 0 Å². The number of carbonyl (C=O) groups is 2. The SMILES string of the molecule is CC1C(=O)OC1=NNC1OC(=O)C1C. The first-order valence-corrected chi connectivity index (χ1v) is 4.35. The van der Waals surface area contributed by atoms with Crippen molar-refractivity contribution in [2.24, 2.45) is 16.9 Å². The highest BCUT2D eigenvalue weighted by Crippen LogP contribution is 2.20. The Kier molecular flexibility index (Phi) is 1.90. The Bertz CT molecular complexity index is 325. The van der Waals surface area contributed by atoms with Crippen LogP contribution >= 0.6 is 0 Å². The summed E-state index contributed by atoms with van der Waals surface area (Å²) in [7, 11) is 0. The molecule has 3 atom stereocenters. The quantitative estimate of drug-likeness (QED) is 0.482. The van der Waals surface area contributed by atoms with Crippen LogP contribution in [0, 0.1) is 11.8 Å². The van der Waals surface area contributed by atoms with Crippen LogP contribution in [0.1, 0.15) is 13.8 Å². The molecule has 0 spiro atoms. The van der Waals surface area contributed by atoms with Gasteiger partial charge in [-0.2, -0.15) is 0 Å². The fourth-order valence-corrected chi connectivity index (χ4v) is 1.09. The van der Waals surface area contributed by atoms with E-state index in [4.69, 9.17) is 4.74 Å². The highest BCUT2D eigenvalue weighted by atomic mass is 16.6. The zero-order valence-corrected chi connectivity index (χ0v) is 7.81. The third-order valence-electron chi connectivity index (χ3n) is 2.30. The van der Waals surface area contributed by atoms with Gasteiger partial charge in [0.1, 0.15) is 11.8 Å². The lowest BCUT2D eigenvalue weighted by atomic mass is 10.1. The van der Waals surface area contributed by atoms with E-state index in [1.54, 1.807) is 13.8 Å². The molecule has 14 heavy (non-hydrogen) atoms. The van der Waals surface area contributed by atoms with Crippen molar-refractivity contribution in [3.63, 3.8) is 0 Å². The molecule has 0 bridgehead atoms. The predicted molar refractivity (Wildman–Crippen MR) is 44.9 cm³/mol. The van der Waals surface area contributed by atoms with Gasteiger partial charge in [-0.05, 0) is 13.8 Å². The van der Waals surface area contributed by atoms with Crippen LogP contribution in [-0.2, 0) is 19.1 Å². The van der Waals surface area contributed by atoms with Gasteiger partial charge in [0.15, 0.2) is 0 Å². The van der Waals surface area contributed by atoms with Gasteiger partial charge in [0.25, 0.3) is 0 Å². The Balaban J connectivity index is 1.83. The van der Waals surface area contributed by atoms with E-state index in [0.29, 0.717) is 5.90 Å². The van der Waals surface area contributed by atoms with Crippen LogP contribution < -0.4 is 5.43 Å². The summed E-state index contributed by atoms with van der Waals surface area (Å²) in [5.74, 6) is -0.699. The average Bonchev–Trinajstić information content (AvgIpc) is 2.20. The van der Waals surface area contributed by atoms with Crippen LogP contribution in [0.4, 0.5) is 0 Å². The third-order valence-corrected chi connectivity index (χ3v) is 2.30. The maximum atomic E-state index is 10.7. The monoisotopic (exact) mass is 198 g/mol. The van der Waals surface area contributed by atoms with Gasteiger partial charge >= 0.3 is 11.9 Å². The zero-order valence-electron chi connectivity index (χ0n) is 7.81. The largest absolute Gasteiger partial charge is 0.439 e. The van der Waals surface area contributed by atoms with E-state index in [1.165, 1.54) is 0 Å². The number of rotatable bonds is 2. The molecule has 2 fully saturated rings. The van der Waals surface area contributed by atoms with Crippen LogP contribution in [0.5, 0.6) is 0 Å². The van der Waals surface area contributed by atoms with Gasteiger partial charge < -0.3 is 9.47 Å². The molecule has 0 amide bonds. The molecule has 0 aromatic carbocycles. The van der Waals surface area contributed by atoms with Gasteiger partial charge in [0.05, 0.1) is 0 Å². The topological polar surface area (TPSA) is 77.0 Å². The number of nitrogens with one attached hydrogen (secondary N) is 1. The van der Waals surface area contributed by atoms with Crippen LogP contribution in [0.15, 0.2) is 5.10 Å². The van der Waals surface area contributed by atoms with Gasteiger partial charge in [-0.25, -0.2) is 0 Å². The molecular formula is C8H10N2O4. The van der Waals surface area contributed by atoms with E-state index in [9.17, 15) is 9.59 Å². The van der Waals surface area contributed by atoms with Crippen LogP contribution in [-0.4, -0.2) is 24.1 Å². The first-order valence-electron chi connectivity index (χ1n) is 4.35. The highest BCUT2D eigenvalue weighted by Gasteiger charge is 2.40. The molecule has 2 heterocycles. The minimum atomic E-state index is -0.401. The molecule has 3 unspecified atom stereocenters. The second-order valence-electron chi connectivity index (χ2n) is 3.37. The molecule has 76 valence electrons. The van der Waals surface area contributed by atoms with Crippen LogP contribution in [0.3, 0.4) is 0 Å². The van der Waals surface area contributed by atoms with E-state index < -0.39 is 6.23 Å². The molecule has 0 radical (unpaired) electrons. The minimum Gasteiger partial charge on any atom is -0.439 e. The molecule has 2 rings (SSSR count). The first-order chi connectivity index (χ1) is 6.59. The van der Waals surface area contributed by atoms with Crippen molar-refractivity contribution in [1.82, 2.24) is 5.43 Å². The number of ether oxygens (including phenoxy) is 2. The van der Waals surface area contributed by atoms with Gasteiger partial charge in [-0.1, -0.05) is 0 Å². The number of hydrogen-bond donors (Lipinski definition) is 1. The van der Waals surface area contributed by atoms with E-state index in [0.717, 1.165) is 0 Å². The Hall–Kier alpha value is -1.59. The summed E-state index contributed by atoms with van der Waals surface area (Å²) in [5.41, 5.74) is 2.62. The molecule has 6 nitrogen and oxygen atoms in total. The summed E-state index contributed by atoms with van der Waals surface area (Å²) in [6.07, 6.45) is -0.401. The number of hydrogen-bond acceptors (Lipinski definition) is 6. The molecule has 2 aliphatic rings. The third kappa shape index (κ3) is 1.23. The molecule has 2 aliphatic heterocycles. The first kappa shape index (κ1) is 8.98. The smallest absolute Gasteiger partial charge is 0.324 e. The summed E-state index contributed by atoms with van der Waals surface area (Å²) < 4.78 is 9.38. The van der Waals surface area contributed by atoms with E-state index in [1.807, 2.05) is 0 Å². The standard InChI is InChI=1S/C8H10N2O4/c1-3-5(13-7(3)11)9-10-6-4(2)8(12)14-6/h3-5,9H,1-2H3. The summed E-state index contributed by atoms with van der Waals surface area (Å²) in [6, 6.07) is 0. The molecule has 0 aromatic rings. The maximum Gasteiger partial charge on any atom is 0.324 e. The lowest BCUT2D eigenvalue weighted by Gasteiger charge is -2.32. The summed E-state index contributed by atoms with van der Waals surface area (Å²) in [4.78, 5) is 21.4. The molecule has 1 N–H and O–H groups in total. The van der Waals surface area contributed by atoms with Crippen LogP contribution in [0.2, 0.25) is 0 Å². The summed E-state index contributed by atoms with van der Waals surface area (Å²) in [6.45, 7) is 3.43. The molecule has 6 heteroatoms. The summed E-state index contributed by atoms with van der Waals surface area (Å²) in [5, 5.41) is 3.81. The molecule has 2 saturated heterocycles. The second kappa shape index (κ2) is 2.97. The Morgan fingerprint density at radius 1 is 1.29 bits per heavy atom. The Morgan fingerprint density at radius 2 is 2.00 bits per heavy atom. The van der Waals surface area contributed by atoms with Gasteiger partial charge in [0.2, 0.25) is 12.1 Å². The average molecular weight is 198 g/mol. The van der Waals surface area contributed by atoms with Gasteiger partial charge in [0, 0.05) is 0 Å². The van der Waals surface area contributed by atoms with Crippen molar-refractivity contribution in [2.75, 3.05) is 0 Å². The normalized spacial score (nSPS) is 38.1. The number of nitrogens with zero attached hydrogens (tertiary/aromatic N) is 1. The zero-order chi connectivity index (χ0) is 10.3. The molecular weight excluding hydrogens is 188 g/mol. The molecule has 0 saturated carbocycles. The van der Waals surface area contributed by atoms with Crippen molar-refractivity contribution < 1.29 is 19.1 Å². The van der Waals surface area contributed by atoms with Crippen molar-refractivity contribution >= 4 is 17.8 Å². The van der Waals surface area contributed by atoms with Gasteiger partial charge in [-0.15, -0.1) is 5.10 Å². The van der Waals surface area contributed by atoms with Crippen molar-refractivity contribution in [2.45, 2.75) is 20.1 Å². The molecule has 0 aromatic heterocycles. The maximum absolute atomic E-state index is 10.7. The summed E-state index contributed by atoms with van der Waals surface area (Å²) >= 11 is 0. The number of carbonyl (C=O) groups excluding carboxylic acids is 2. The van der Waals surface area contributed by atoms with E-state index in [2.05, 4.69) is 15.3 Å². The van der Waals surface area contributed by atoms with Crippen LogP contribution in [0.25, 0.3) is 0 Å². The lowest BCUT2D eigenvalue weighted by molar-refractivity contribution is -0.186. The number of hydrazone groups is 1. The fraction of sp³-hybridized carbons (Fsp3) is 0.625. The Morgan fingerprint density at radius 3 is 2.43 bits per heavy atom. The Labute approximate surface area is 80.2 Å². The van der Waals surface area contributed by atoms with Crippen molar-refractivity contribution in [1.29, 1.82) is 0 Å². The highest BCUT2D eigenvalue weighted by molar-refractivity contribution is 6.11. The van der Waals surface area contributed by atoms with Gasteiger partial charge in [-0.3, -0.25) is 15.0 Å². The lowest BCUT2D eigenvalue weighted by Crippen LogP contribution is -2.51. The number of cyclic esters (lactones) is 2. The number of esters is 2. The minimum absolute atomic E-state index is 0.203. The second-order valence-corrected chi connectivity index (χ2v) is 3.37.